The zero-order valence-electron chi connectivity index (χ0n) is 15.7. The first-order chi connectivity index (χ1) is 13.5. The van der Waals surface area contributed by atoms with Gasteiger partial charge >= 0.3 is 0 Å². The van der Waals surface area contributed by atoms with Crippen molar-refractivity contribution in [3.63, 3.8) is 0 Å². The Balaban J connectivity index is 1.70. The van der Waals surface area contributed by atoms with Gasteiger partial charge in [0.15, 0.2) is 0 Å². The molecule has 144 valence electrons. The van der Waals surface area contributed by atoms with E-state index in [0.29, 0.717) is 29.8 Å². The van der Waals surface area contributed by atoms with Crippen LogP contribution >= 0.6 is 11.6 Å². The minimum Gasteiger partial charge on any atom is -0.494 e. The zero-order valence-corrected chi connectivity index (χ0v) is 16.5. The first-order valence-electron chi connectivity index (χ1n) is 8.92. The lowest BCUT2D eigenvalue weighted by Gasteiger charge is -2.10. The fourth-order valence-electron chi connectivity index (χ4n) is 2.60. The van der Waals surface area contributed by atoms with E-state index in [1.54, 1.807) is 19.1 Å². The normalized spacial score (nSPS) is 10.4. The van der Waals surface area contributed by atoms with Crippen molar-refractivity contribution in [3.8, 4) is 5.75 Å². The van der Waals surface area contributed by atoms with Crippen LogP contribution in [0, 0.1) is 6.92 Å². The Morgan fingerprint density at radius 2 is 1.86 bits per heavy atom. The van der Waals surface area contributed by atoms with Crippen molar-refractivity contribution in [1.82, 2.24) is 15.3 Å². The molecular formula is C21H21ClN4O2. The molecule has 0 fully saturated rings. The standard InChI is InChI=1S/C21H21ClN4O2/c1-3-28-17-10-8-16(9-11-17)26-20-12-19(24-14(2)25-20)21(27)23-13-15-6-4-5-7-18(15)22/h4-12H,3,13H2,1-2H3,(H,23,27)(H,24,25,26). The molecule has 0 unspecified atom stereocenters. The number of carbonyl (C=O) groups excluding carboxylic acids is 1. The van der Waals surface area contributed by atoms with Crippen LogP contribution in [0.4, 0.5) is 11.5 Å². The zero-order chi connectivity index (χ0) is 19.9. The second-order valence-corrected chi connectivity index (χ2v) is 6.45. The Morgan fingerprint density at radius 1 is 1.11 bits per heavy atom. The van der Waals surface area contributed by atoms with E-state index in [0.717, 1.165) is 17.0 Å². The molecule has 0 bridgehead atoms. The van der Waals surface area contributed by atoms with Crippen LogP contribution in [0.25, 0.3) is 0 Å². The molecule has 6 nitrogen and oxygen atoms in total. The number of amides is 1. The van der Waals surface area contributed by atoms with Crippen LogP contribution in [0.3, 0.4) is 0 Å². The summed E-state index contributed by atoms with van der Waals surface area (Å²) in [5.74, 6) is 1.55. The van der Waals surface area contributed by atoms with Gasteiger partial charge in [-0.2, -0.15) is 0 Å². The van der Waals surface area contributed by atoms with Gasteiger partial charge in [-0.25, -0.2) is 9.97 Å². The number of aryl methyl sites for hydroxylation is 1. The number of halogens is 1. The van der Waals surface area contributed by atoms with Gasteiger partial charge in [-0.1, -0.05) is 29.8 Å². The molecule has 0 saturated carbocycles. The van der Waals surface area contributed by atoms with E-state index in [4.69, 9.17) is 16.3 Å². The monoisotopic (exact) mass is 396 g/mol. The molecule has 2 aromatic carbocycles. The maximum absolute atomic E-state index is 12.5. The first kappa shape index (κ1) is 19.6. The smallest absolute Gasteiger partial charge is 0.270 e. The van der Waals surface area contributed by atoms with Crippen LogP contribution in [-0.2, 0) is 6.54 Å². The third-order valence-corrected chi connectivity index (χ3v) is 4.27. The predicted octanol–water partition coefficient (Wildman–Crippen LogP) is 4.51. The number of ether oxygens (including phenoxy) is 1. The molecule has 0 aliphatic rings. The first-order valence-corrected chi connectivity index (χ1v) is 9.30. The predicted molar refractivity (Wildman–Crippen MR) is 110 cm³/mol. The lowest BCUT2D eigenvalue weighted by atomic mass is 10.2. The Bertz CT molecular complexity index is 961. The molecule has 28 heavy (non-hydrogen) atoms. The van der Waals surface area contributed by atoms with Gasteiger partial charge in [-0.3, -0.25) is 4.79 Å². The van der Waals surface area contributed by atoms with Crippen LogP contribution < -0.4 is 15.4 Å². The highest BCUT2D eigenvalue weighted by atomic mass is 35.5. The molecule has 0 saturated heterocycles. The van der Waals surface area contributed by atoms with E-state index in [9.17, 15) is 4.79 Å². The highest BCUT2D eigenvalue weighted by Crippen LogP contribution is 2.20. The van der Waals surface area contributed by atoms with E-state index in [1.807, 2.05) is 49.4 Å². The number of hydrogen-bond donors (Lipinski definition) is 2. The molecule has 0 aliphatic carbocycles. The third kappa shape index (κ3) is 5.20. The van der Waals surface area contributed by atoms with Crippen molar-refractivity contribution in [1.29, 1.82) is 0 Å². The molecule has 0 aliphatic heterocycles. The van der Waals surface area contributed by atoms with E-state index in [2.05, 4.69) is 20.6 Å². The van der Waals surface area contributed by atoms with Crippen molar-refractivity contribution >= 4 is 29.0 Å². The second kappa shape index (κ2) is 9.19. The quantitative estimate of drug-likeness (QED) is 0.614. The molecule has 1 aromatic heterocycles. The van der Waals surface area contributed by atoms with Crippen LogP contribution in [0.2, 0.25) is 5.02 Å². The van der Waals surface area contributed by atoms with Crippen LogP contribution in [0.5, 0.6) is 5.75 Å². The average molecular weight is 397 g/mol. The summed E-state index contributed by atoms with van der Waals surface area (Å²) >= 11 is 6.13. The molecule has 7 heteroatoms. The topological polar surface area (TPSA) is 76.1 Å². The Kier molecular flexibility index (Phi) is 6.45. The molecule has 1 amide bonds. The van der Waals surface area contributed by atoms with Gasteiger partial charge in [0.1, 0.15) is 23.1 Å². The molecule has 0 radical (unpaired) electrons. The lowest BCUT2D eigenvalue weighted by Crippen LogP contribution is -2.24. The van der Waals surface area contributed by atoms with Gasteiger partial charge in [0, 0.05) is 23.3 Å². The summed E-state index contributed by atoms with van der Waals surface area (Å²) in [6.07, 6.45) is 0. The van der Waals surface area contributed by atoms with Crippen LogP contribution in [0.1, 0.15) is 28.8 Å². The van der Waals surface area contributed by atoms with Gasteiger partial charge in [0.25, 0.3) is 5.91 Å². The minimum atomic E-state index is -0.292. The number of nitrogens with zero attached hydrogens (tertiary/aromatic N) is 2. The number of carbonyl (C=O) groups is 1. The number of rotatable bonds is 7. The number of aromatic nitrogens is 2. The van der Waals surface area contributed by atoms with Gasteiger partial charge < -0.3 is 15.4 Å². The van der Waals surface area contributed by atoms with E-state index in [-0.39, 0.29) is 11.6 Å². The SMILES string of the molecule is CCOc1ccc(Nc2cc(C(=O)NCc3ccccc3Cl)nc(C)n2)cc1. The maximum atomic E-state index is 12.5. The minimum absolute atomic E-state index is 0.285. The molecule has 0 atom stereocenters. The number of anilines is 2. The number of hydrogen-bond acceptors (Lipinski definition) is 5. The molecule has 3 aromatic rings. The van der Waals surface area contributed by atoms with Crippen LogP contribution in [0.15, 0.2) is 54.6 Å². The molecule has 0 spiro atoms. The van der Waals surface area contributed by atoms with Gasteiger partial charge in [-0.15, -0.1) is 0 Å². The summed E-state index contributed by atoms with van der Waals surface area (Å²) < 4.78 is 5.44. The summed E-state index contributed by atoms with van der Waals surface area (Å²) in [5, 5.41) is 6.63. The Labute approximate surface area is 168 Å². The summed E-state index contributed by atoms with van der Waals surface area (Å²) in [6, 6.07) is 16.5. The van der Waals surface area contributed by atoms with Crippen LogP contribution in [-0.4, -0.2) is 22.5 Å². The Hall–Kier alpha value is -3.12. The summed E-state index contributed by atoms with van der Waals surface area (Å²) in [7, 11) is 0. The van der Waals surface area contributed by atoms with E-state index < -0.39 is 0 Å². The molecule has 3 rings (SSSR count). The van der Waals surface area contributed by atoms with Gasteiger partial charge in [0.05, 0.1) is 6.61 Å². The van der Waals surface area contributed by atoms with Gasteiger partial charge in [-0.05, 0) is 49.7 Å². The van der Waals surface area contributed by atoms with Crippen molar-refractivity contribution in [2.24, 2.45) is 0 Å². The van der Waals surface area contributed by atoms with Crippen molar-refractivity contribution in [2.75, 3.05) is 11.9 Å². The van der Waals surface area contributed by atoms with Crippen molar-refractivity contribution in [3.05, 3.63) is 76.7 Å². The second-order valence-electron chi connectivity index (χ2n) is 6.04. The highest BCUT2D eigenvalue weighted by Gasteiger charge is 2.11. The average Bonchev–Trinajstić information content (AvgIpc) is 2.68. The highest BCUT2D eigenvalue weighted by molar-refractivity contribution is 6.31. The largest absolute Gasteiger partial charge is 0.494 e. The Morgan fingerprint density at radius 3 is 2.57 bits per heavy atom. The number of benzene rings is 2. The molecule has 1 heterocycles. The van der Waals surface area contributed by atoms with Gasteiger partial charge in [0.2, 0.25) is 0 Å². The molecular weight excluding hydrogens is 376 g/mol. The van der Waals surface area contributed by atoms with Crippen molar-refractivity contribution < 1.29 is 9.53 Å². The maximum Gasteiger partial charge on any atom is 0.270 e. The lowest BCUT2D eigenvalue weighted by molar-refractivity contribution is 0.0945. The third-order valence-electron chi connectivity index (χ3n) is 3.91. The molecule has 2 N–H and O–H groups in total. The summed E-state index contributed by atoms with van der Waals surface area (Å²) in [6.45, 7) is 4.62. The van der Waals surface area contributed by atoms with Crippen molar-refractivity contribution in [2.45, 2.75) is 20.4 Å². The van der Waals surface area contributed by atoms with E-state index >= 15 is 0 Å². The summed E-state index contributed by atoms with van der Waals surface area (Å²) in [5.41, 5.74) is 1.97. The fraction of sp³-hybridized carbons (Fsp3) is 0.190. The summed E-state index contributed by atoms with van der Waals surface area (Å²) in [4.78, 5) is 21.1. The number of nitrogens with one attached hydrogen (secondary N) is 2. The van der Waals surface area contributed by atoms with E-state index in [1.165, 1.54) is 0 Å². The fourth-order valence-corrected chi connectivity index (χ4v) is 2.81.